The van der Waals surface area contributed by atoms with E-state index in [9.17, 15) is 0 Å². The molecule has 3 heteroatoms. The van der Waals surface area contributed by atoms with E-state index in [1.54, 1.807) is 0 Å². The highest BCUT2D eigenvalue weighted by Gasteiger charge is 2.13. The van der Waals surface area contributed by atoms with E-state index in [1.807, 2.05) is 0 Å². The fraction of sp³-hybridized carbons (Fsp3) is 0.857. The summed E-state index contributed by atoms with van der Waals surface area (Å²) in [5.74, 6) is 0. The highest BCUT2D eigenvalue weighted by molar-refractivity contribution is 4.82. The standard InChI is InChI=1S/C7H13N3/c1-7-6-10(4-2-8)5-3-9-7/h7,9H,3-6H2,1H3. The van der Waals surface area contributed by atoms with E-state index in [1.165, 1.54) is 0 Å². The monoisotopic (exact) mass is 139 g/mol. The van der Waals surface area contributed by atoms with Gasteiger partial charge in [0.1, 0.15) is 0 Å². The van der Waals surface area contributed by atoms with Crippen molar-refractivity contribution in [2.45, 2.75) is 13.0 Å². The van der Waals surface area contributed by atoms with Gasteiger partial charge in [0.25, 0.3) is 0 Å². The Bertz CT molecular complexity index is 138. The first-order chi connectivity index (χ1) is 4.83. The third-order valence-electron chi connectivity index (χ3n) is 1.75. The molecule has 3 nitrogen and oxygen atoms in total. The van der Waals surface area contributed by atoms with Gasteiger partial charge in [-0.25, -0.2) is 0 Å². The summed E-state index contributed by atoms with van der Waals surface area (Å²) in [6.07, 6.45) is 0. The summed E-state index contributed by atoms with van der Waals surface area (Å²) in [5.41, 5.74) is 0. The highest BCUT2D eigenvalue weighted by Crippen LogP contribution is 1.96. The molecule has 0 aromatic carbocycles. The fourth-order valence-corrected chi connectivity index (χ4v) is 1.26. The minimum absolute atomic E-state index is 0.544. The molecule has 0 spiro atoms. The number of nitrogens with zero attached hydrogens (tertiary/aromatic N) is 2. The number of nitriles is 1. The molecule has 0 aromatic heterocycles. The summed E-state index contributed by atoms with van der Waals surface area (Å²) in [6.45, 7) is 5.75. The lowest BCUT2D eigenvalue weighted by molar-refractivity contribution is 0.229. The molecule has 0 bridgehead atoms. The number of piperazine rings is 1. The quantitative estimate of drug-likeness (QED) is 0.511. The molecule has 1 aliphatic heterocycles. The third-order valence-corrected chi connectivity index (χ3v) is 1.75. The summed E-state index contributed by atoms with van der Waals surface area (Å²) in [7, 11) is 0. The molecule has 0 aromatic rings. The first-order valence-corrected chi connectivity index (χ1v) is 3.65. The van der Waals surface area contributed by atoms with Crippen molar-refractivity contribution in [3.63, 3.8) is 0 Å². The van der Waals surface area contributed by atoms with Gasteiger partial charge in [-0.3, -0.25) is 4.90 Å². The Hall–Kier alpha value is -0.590. The molecule has 1 heterocycles. The van der Waals surface area contributed by atoms with Gasteiger partial charge >= 0.3 is 0 Å². The molecule has 10 heavy (non-hydrogen) atoms. The van der Waals surface area contributed by atoms with E-state index < -0.39 is 0 Å². The smallest absolute Gasteiger partial charge is 0.0866 e. The minimum atomic E-state index is 0.544. The largest absolute Gasteiger partial charge is 0.312 e. The van der Waals surface area contributed by atoms with Gasteiger partial charge in [0.2, 0.25) is 0 Å². The summed E-state index contributed by atoms with van der Waals surface area (Å²) in [4.78, 5) is 2.17. The van der Waals surface area contributed by atoms with Gasteiger partial charge in [0.15, 0.2) is 0 Å². The van der Waals surface area contributed by atoms with Crippen LogP contribution in [-0.2, 0) is 0 Å². The van der Waals surface area contributed by atoms with Crippen LogP contribution in [0.2, 0.25) is 0 Å². The summed E-state index contributed by atoms with van der Waals surface area (Å²) in [5, 5.41) is 11.7. The Balaban J connectivity index is 2.27. The molecule has 0 aliphatic carbocycles. The van der Waals surface area contributed by atoms with Gasteiger partial charge in [-0.15, -0.1) is 0 Å². The molecule has 1 N–H and O–H groups in total. The van der Waals surface area contributed by atoms with Crippen molar-refractivity contribution >= 4 is 0 Å². The van der Waals surface area contributed by atoms with Crippen LogP contribution >= 0.6 is 0 Å². The Morgan fingerprint density at radius 1 is 1.80 bits per heavy atom. The van der Waals surface area contributed by atoms with Gasteiger partial charge in [-0.1, -0.05) is 0 Å². The molecule has 1 fully saturated rings. The Morgan fingerprint density at radius 3 is 3.20 bits per heavy atom. The van der Waals surface area contributed by atoms with E-state index in [0.29, 0.717) is 12.6 Å². The molecular weight excluding hydrogens is 126 g/mol. The molecule has 0 radical (unpaired) electrons. The zero-order valence-electron chi connectivity index (χ0n) is 6.30. The lowest BCUT2D eigenvalue weighted by atomic mass is 10.2. The first kappa shape index (κ1) is 7.52. The Morgan fingerprint density at radius 2 is 2.60 bits per heavy atom. The van der Waals surface area contributed by atoms with E-state index in [2.05, 4.69) is 23.2 Å². The fourth-order valence-electron chi connectivity index (χ4n) is 1.26. The second kappa shape index (κ2) is 3.55. The second-order valence-corrected chi connectivity index (χ2v) is 2.75. The maximum absolute atomic E-state index is 8.39. The van der Waals surface area contributed by atoms with Crippen molar-refractivity contribution in [3.8, 4) is 6.07 Å². The molecule has 0 saturated carbocycles. The van der Waals surface area contributed by atoms with Crippen molar-refractivity contribution in [1.82, 2.24) is 10.2 Å². The van der Waals surface area contributed by atoms with Crippen LogP contribution in [0, 0.1) is 11.3 Å². The van der Waals surface area contributed by atoms with Crippen LogP contribution in [-0.4, -0.2) is 37.1 Å². The normalized spacial score (nSPS) is 27.8. The van der Waals surface area contributed by atoms with Crippen LogP contribution in [0.5, 0.6) is 0 Å². The average Bonchev–Trinajstić information content (AvgIpc) is 1.88. The van der Waals surface area contributed by atoms with Gasteiger partial charge < -0.3 is 5.32 Å². The van der Waals surface area contributed by atoms with Gasteiger partial charge in [0, 0.05) is 25.7 Å². The second-order valence-electron chi connectivity index (χ2n) is 2.75. The van der Waals surface area contributed by atoms with Crippen LogP contribution in [0.4, 0.5) is 0 Å². The van der Waals surface area contributed by atoms with Crippen molar-refractivity contribution in [2.75, 3.05) is 26.2 Å². The highest BCUT2D eigenvalue weighted by atomic mass is 15.2. The summed E-state index contributed by atoms with van der Waals surface area (Å²) in [6, 6.07) is 2.70. The number of hydrogen-bond acceptors (Lipinski definition) is 3. The third kappa shape index (κ3) is 1.98. The van der Waals surface area contributed by atoms with Crippen LogP contribution in [0.25, 0.3) is 0 Å². The zero-order chi connectivity index (χ0) is 7.40. The number of rotatable bonds is 1. The maximum atomic E-state index is 8.39. The van der Waals surface area contributed by atoms with Crippen molar-refractivity contribution in [2.24, 2.45) is 0 Å². The van der Waals surface area contributed by atoms with Gasteiger partial charge in [-0.05, 0) is 6.92 Å². The van der Waals surface area contributed by atoms with E-state index in [4.69, 9.17) is 5.26 Å². The Labute approximate surface area is 61.6 Å². The molecule has 1 aliphatic rings. The predicted octanol–water partition coefficient (Wildman–Crippen LogP) is -0.196. The van der Waals surface area contributed by atoms with Crippen LogP contribution in [0.15, 0.2) is 0 Å². The molecular formula is C7H13N3. The van der Waals surface area contributed by atoms with Gasteiger partial charge in [-0.2, -0.15) is 5.26 Å². The molecule has 0 amide bonds. The first-order valence-electron chi connectivity index (χ1n) is 3.65. The van der Waals surface area contributed by atoms with Crippen molar-refractivity contribution in [3.05, 3.63) is 0 Å². The number of nitrogens with one attached hydrogen (secondary N) is 1. The van der Waals surface area contributed by atoms with E-state index in [-0.39, 0.29) is 0 Å². The van der Waals surface area contributed by atoms with Crippen LogP contribution in [0.1, 0.15) is 6.92 Å². The summed E-state index contributed by atoms with van der Waals surface area (Å²) >= 11 is 0. The van der Waals surface area contributed by atoms with Crippen molar-refractivity contribution < 1.29 is 0 Å². The van der Waals surface area contributed by atoms with E-state index >= 15 is 0 Å². The van der Waals surface area contributed by atoms with Crippen LogP contribution < -0.4 is 5.32 Å². The van der Waals surface area contributed by atoms with Crippen LogP contribution in [0.3, 0.4) is 0 Å². The summed E-state index contributed by atoms with van der Waals surface area (Å²) < 4.78 is 0. The molecule has 1 atom stereocenters. The molecule has 1 saturated heterocycles. The van der Waals surface area contributed by atoms with E-state index in [0.717, 1.165) is 19.6 Å². The average molecular weight is 139 g/mol. The predicted molar refractivity (Wildman–Crippen MR) is 39.5 cm³/mol. The topological polar surface area (TPSA) is 39.1 Å². The number of hydrogen-bond donors (Lipinski definition) is 1. The van der Waals surface area contributed by atoms with Gasteiger partial charge in [0.05, 0.1) is 12.6 Å². The molecule has 56 valence electrons. The lowest BCUT2D eigenvalue weighted by Crippen LogP contribution is -2.49. The minimum Gasteiger partial charge on any atom is -0.312 e. The maximum Gasteiger partial charge on any atom is 0.0866 e. The van der Waals surface area contributed by atoms with Crippen molar-refractivity contribution in [1.29, 1.82) is 5.26 Å². The molecule has 1 unspecified atom stereocenters. The SMILES string of the molecule is CC1CN(CC#N)CCN1. The lowest BCUT2D eigenvalue weighted by Gasteiger charge is -2.29. The Kier molecular flexibility index (Phi) is 2.67. The zero-order valence-corrected chi connectivity index (χ0v) is 6.30. The molecule has 1 rings (SSSR count).